The second-order valence-electron chi connectivity index (χ2n) is 5.92. The fraction of sp³-hybridized carbons (Fsp3) is 0.105. The summed E-state index contributed by atoms with van der Waals surface area (Å²) in [6.45, 7) is 4.14. The van der Waals surface area contributed by atoms with Gasteiger partial charge in [0, 0.05) is 5.02 Å². The van der Waals surface area contributed by atoms with Crippen LogP contribution in [0.3, 0.4) is 0 Å². The molecule has 0 unspecified atom stereocenters. The second-order valence-corrected chi connectivity index (χ2v) is 6.76. The van der Waals surface area contributed by atoms with Gasteiger partial charge in [-0.05, 0) is 55.3 Å². The maximum Gasteiger partial charge on any atom is 0.233 e. The highest BCUT2D eigenvalue weighted by atomic mass is 35.5. The Morgan fingerprint density at radius 3 is 2.58 bits per heavy atom. The predicted octanol–water partition coefficient (Wildman–Crippen LogP) is 5.53. The molecule has 2 aromatic carbocycles. The first kappa shape index (κ1) is 16.8. The molecule has 0 saturated heterocycles. The monoisotopic (exact) mass is 384 g/mol. The Hall–Kier alpha value is -2.63. The molecule has 7 heteroatoms. The van der Waals surface area contributed by atoms with Gasteiger partial charge in [-0.2, -0.15) is 5.10 Å². The molecule has 2 aromatic heterocycles. The first-order valence-corrected chi connectivity index (χ1v) is 8.68. The van der Waals surface area contributed by atoms with Crippen molar-refractivity contribution < 1.29 is 4.74 Å². The van der Waals surface area contributed by atoms with Gasteiger partial charge in [0.05, 0.1) is 16.9 Å². The number of hydrogen-bond donors (Lipinski definition) is 0. The van der Waals surface area contributed by atoms with Crippen LogP contribution in [0.2, 0.25) is 10.0 Å². The van der Waals surface area contributed by atoms with Crippen molar-refractivity contribution in [3.8, 4) is 17.3 Å². The Labute approximate surface area is 160 Å². The SMILES string of the molecule is Cc1ccc(-n2ncc3c(Oc4ccc(Cl)cc4Cl)ncnc32)cc1C. The second kappa shape index (κ2) is 6.59. The highest BCUT2D eigenvalue weighted by Crippen LogP contribution is 2.33. The summed E-state index contributed by atoms with van der Waals surface area (Å²) in [6.07, 6.45) is 3.13. The van der Waals surface area contributed by atoms with E-state index in [0.29, 0.717) is 32.7 Å². The molecule has 0 atom stereocenters. The third kappa shape index (κ3) is 3.00. The zero-order valence-corrected chi connectivity index (χ0v) is 15.6. The van der Waals surface area contributed by atoms with Crippen molar-refractivity contribution in [2.75, 3.05) is 0 Å². The molecule has 0 aliphatic rings. The summed E-state index contributed by atoms with van der Waals surface area (Å²) in [4.78, 5) is 8.59. The van der Waals surface area contributed by atoms with Gasteiger partial charge >= 0.3 is 0 Å². The minimum atomic E-state index is 0.384. The van der Waals surface area contributed by atoms with Crippen LogP contribution in [-0.2, 0) is 0 Å². The van der Waals surface area contributed by atoms with E-state index in [1.165, 1.54) is 17.5 Å². The van der Waals surface area contributed by atoms with Crippen molar-refractivity contribution in [3.63, 3.8) is 0 Å². The van der Waals surface area contributed by atoms with Gasteiger partial charge in [0.15, 0.2) is 5.65 Å². The maximum absolute atomic E-state index is 6.19. The van der Waals surface area contributed by atoms with Crippen LogP contribution in [0, 0.1) is 13.8 Å². The lowest BCUT2D eigenvalue weighted by atomic mass is 10.1. The van der Waals surface area contributed by atoms with E-state index in [0.717, 1.165) is 5.69 Å². The van der Waals surface area contributed by atoms with Crippen molar-refractivity contribution in [2.45, 2.75) is 13.8 Å². The number of rotatable bonds is 3. The molecule has 0 amide bonds. The van der Waals surface area contributed by atoms with Crippen LogP contribution in [0.5, 0.6) is 11.6 Å². The Morgan fingerprint density at radius 2 is 1.81 bits per heavy atom. The van der Waals surface area contributed by atoms with Crippen LogP contribution in [0.15, 0.2) is 48.9 Å². The lowest BCUT2D eigenvalue weighted by molar-refractivity contribution is 0.468. The molecule has 0 saturated carbocycles. The Balaban J connectivity index is 1.78. The van der Waals surface area contributed by atoms with Gasteiger partial charge < -0.3 is 4.74 Å². The standard InChI is InChI=1S/C19H14Cl2N4O/c1-11-3-5-14(7-12(11)2)25-18-15(9-24-25)19(23-10-22-18)26-17-6-4-13(20)8-16(17)21/h3-10H,1-2H3. The molecule has 0 fully saturated rings. The van der Waals surface area contributed by atoms with E-state index < -0.39 is 0 Å². The van der Waals surface area contributed by atoms with Crippen LogP contribution in [0.1, 0.15) is 11.1 Å². The number of nitrogens with zero attached hydrogens (tertiary/aromatic N) is 4. The predicted molar refractivity (Wildman–Crippen MR) is 103 cm³/mol. The highest BCUT2D eigenvalue weighted by Gasteiger charge is 2.14. The zero-order chi connectivity index (χ0) is 18.3. The number of aryl methyl sites for hydroxylation is 2. The molecule has 4 aromatic rings. The number of fused-ring (bicyclic) bond motifs is 1. The van der Waals surface area contributed by atoms with Crippen LogP contribution < -0.4 is 4.74 Å². The van der Waals surface area contributed by atoms with Crippen molar-refractivity contribution in [3.05, 3.63) is 70.1 Å². The van der Waals surface area contributed by atoms with Gasteiger partial charge in [0.2, 0.25) is 5.88 Å². The molecule has 130 valence electrons. The maximum atomic E-state index is 6.19. The van der Waals surface area contributed by atoms with E-state index in [-0.39, 0.29) is 0 Å². The summed E-state index contributed by atoms with van der Waals surface area (Å²) in [5.74, 6) is 0.851. The Kier molecular flexibility index (Phi) is 4.26. The van der Waals surface area contributed by atoms with E-state index in [9.17, 15) is 0 Å². The molecule has 0 aliphatic carbocycles. The summed E-state index contributed by atoms with van der Waals surface area (Å²) in [6, 6.07) is 11.2. The van der Waals surface area contributed by atoms with Crippen LogP contribution in [0.25, 0.3) is 16.7 Å². The smallest absolute Gasteiger partial charge is 0.233 e. The van der Waals surface area contributed by atoms with Crippen LogP contribution in [-0.4, -0.2) is 19.7 Å². The van der Waals surface area contributed by atoms with Gasteiger partial charge in [0.25, 0.3) is 0 Å². The third-order valence-electron chi connectivity index (χ3n) is 4.16. The lowest BCUT2D eigenvalue weighted by Crippen LogP contribution is -1.99. The van der Waals surface area contributed by atoms with E-state index >= 15 is 0 Å². The van der Waals surface area contributed by atoms with Crippen molar-refractivity contribution in [2.24, 2.45) is 0 Å². The number of aromatic nitrogens is 4. The molecule has 0 bridgehead atoms. The molecule has 4 rings (SSSR count). The van der Waals surface area contributed by atoms with Gasteiger partial charge in [-0.3, -0.25) is 0 Å². The summed E-state index contributed by atoms with van der Waals surface area (Å²) < 4.78 is 7.64. The third-order valence-corrected chi connectivity index (χ3v) is 4.70. The van der Waals surface area contributed by atoms with E-state index in [4.69, 9.17) is 27.9 Å². The van der Waals surface area contributed by atoms with E-state index in [2.05, 4.69) is 41.0 Å². The van der Waals surface area contributed by atoms with Crippen molar-refractivity contribution in [1.29, 1.82) is 0 Å². The average molecular weight is 385 g/mol. The van der Waals surface area contributed by atoms with Gasteiger partial charge in [-0.1, -0.05) is 29.3 Å². The van der Waals surface area contributed by atoms with Crippen molar-refractivity contribution in [1.82, 2.24) is 19.7 Å². The fourth-order valence-corrected chi connectivity index (χ4v) is 3.06. The molecule has 5 nitrogen and oxygen atoms in total. The minimum Gasteiger partial charge on any atom is -0.437 e. The van der Waals surface area contributed by atoms with Crippen LogP contribution >= 0.6 is 23.2 Å². The molecular weight excluding hydrogens is 371 g/mol. The topological polar surface area (TPSA) is 52.8 Å². The average Bonchev–Trinajstić information content (AvgIpc) is 3.05. The van der Waals surface area contributed by atoms with Gasteiger partial charge in [-0.25, -0.2) is 14.6 Å². The quantitative estimate of drug-likeness (QED) is 0.465. The summed E-state index contributed by atoms with van der Waals surface area (Å²) in [5.41, 5.74) is 3.99. The molecular formula is C19H14Cl2N4O. The highest BCUT2D eigenvalue weighted by molar-refractivity contribution is 6.35. The fourth-order valence-electron chi connectivity index (χ4n) is 2.61. The lowest BCUT2D eigenvalue weighted by Gasteiger charge is -2.08. The summed E-state index contributed by atoms with van der Waals surface area (Å²) in [5, 5.41) is 6.09. The first-order valence-electron chi connectivity index (χ1n) is 7.92. The van der Waals surface area contributed by atoms with Crippen LogP contribution in [0.4, 0.5) is 0 Å². The normalized spacial score (nSPS) is 11.1. The molecule has 0 spiro atoms. The molecule has 0 aliphatic heterocycles. The minimum absolute atomic E-state index is 0.384. The zero-order valence-electron chi connectivity index (χ0n) is 14.1. The molecule has 26 heavy (non-hydrogen) atoms. The van der Waals surface area contributed by atoms with E-state index in [1.54, 1.807) is 29.1 Å². The number of hydrogen-bond acceptors (Lipinski definition) is 4. The number of benzene rings is 2. The summed E-state index contributed by atoms with van der Waals surface area (Å²) in [7, 11) is 0. The Morgan fingerprint density at radius 1 is 0.962 bits per heavy atom. The number of halogens is 2. The molecule has 2 heterocycles. The van der Waals surface area contributed by atoms with E-state index in [1.807, 2.05) is 6.07 Å². The molecule has 0 N–H and O–H groups in total. The molecule has 0 radical (unpaired) electrons. The first-order chi connectivity index (χ1) is 12.5. The number of ether oxygens (including phenoxy) is 1. The van der Waals surface area contributed by atoms with Crippen molar-refractivity contribution >= 4 is 34.2 Å². The largest absolute Gasteiger partial charge is 0.437 e. The van der Waals surface area contributed by atoms with Gasteiger partial charge in [0.1, 0.15) is 17.5 Å². The summed E-state index contributed by atoms with van der Waals surface area (Å²) >= 11 is 12.1. The Bertz CT molecular complexity index is 1120. The van der Waals surface area contributed by atoms with Gasteiger partial charge in [-0.15, -0.1) is 0 Å².